The van der Waals surface area contributed by atoms with Crippen LogP contribution in [0.25, 0.3) is 0 Å². The largest absolute Gasteiger partial charge is 0.486 e. The average Bonchev–Trinajstić information content (AvgIpc) is 2.36. The number of rotatable bonds is 4. The first-order chi connectivity index (χ1) is 8.52. The topological polar surface area (TPSA) is 53.7 Å². The van der Waals surface area contributed by atoms with Crippen LogP contribution in [0, 0.1) is 0 Å². The second-order valence-electron chi connectivity index (χ2n) is 5.10. The predicted molar refractivity (Wildman–Crippen MR) is 71.0 cm³/mol. The predicted octanol–water partition coefficient (Wildman–Crippen LogP) is 2.75. The first-order valence-electron chi connectivity index (χ1n) is 6.34. The molecule has 1 aromatic carbocycles. The third-order valence-corrected chi connectivity index (χ3v) is 3.27. The molecular weight excluding hydrogens is 230 g/mol. The van der Waals surface area contributed by atoms with E-state index in [-0.39, 0.29) is 5.60 Å². The molecule has 0 aromatic heterocycles. The van der Waals surface area contributed by atoms with Gasteiger partial charge in [-0.25, -0.2) is 0 Å². The van der Waals surface area contributed by atoms with Crippen LogP contribution >= 0.6 is 0 Å². The van der Waals surface area contributed by atoms with E-state index in [1.165, 1.54) is 0 Å². The van der Waals surface area contributed by atoms with E-state index in [0.717, 1.165) is 23.5 Å². The lowest BCUT2D eigenvalue weighted by Gasteiger charge is -2.25. The van der Waals surface area contributed by atoms with Gasteiger partial charge >= 0.3 is 0 Å². The monoisotopic (exact) mass is 251 g/mol. The highest BCUT2D eigenvalue weighted by atomic mass is 16.6. The van der Waals surface area contributed by atoms with Crippen LogP contribution < -0.4 is 15.2 Å². The van der Waals surface area contributed by atoms with Crippen molar-refractivity contribution in [1.82, 2.24) is 0 Å². The molecule has 1 aliphatic heterocycles. The first kappa shape index (κ1) is 13.0. The molecular formula is C14H21NO3. The van der Waals surface area contributed by atoms with Crippen molar-refractivity contribution in [2.45, 2.75) is 39.4 Å². The van der Waals surface area contributed by atoms with Crippen LogP contribution in [0.2, 0.25) is 0 Å². The van der Waals surface area contributed by atoms with Crippen LogP contribution in [0.3, 0.4) is 0 Å². The van der Waals surface area contributed by atoms with Crippen molar-refractivity contribution in [2.75, 3.05) is 18.9 Å². The molecule has 0 atom stereocenters. The van der Waals surface area contributed by atoms with Crippen LogP contribution in [-0.2, 0) is 11.3 Å². The highest BCUT2D eigenvalue weighted by Crippen LogP contribution is 2.35. The van der Waals surface area contributed by atoms with E-state index >= 15 is 0 Å². The third-order valence-electron chi connectivity index (χ3n) is 3.27. The van der Waals surface area contributed by atoms with E-state index in [9.17, 15) is 0 Å². The summed E-state index contributed by atoms with van der Waals surface area (Å²) in [5.74, 6) is 1.47. The van der Waals surface area contributed by atoms with Gasteiger partial charge in [0.1, 0.15) is 13.2 Å². The fourth-order valence-corrected chi connectivity index (χ4v) is 1.65. The first-order valence-corrected chi connectivity index (χ1v) is 6.34. The molecule has 1 aliphatic rings. The number of hydrogen-bond acceptors (Lipinski definition) is 4. The van der Waals surface area contributed by atoms with Crippen molar-refractivity contribution in [1.29, 1.82) is 0 Å². The number of fused-ring (bicyclic) bond motifs is 1. The summed E-state index contributed by atoms with van der Waals surface area (Å²) in [5.41, 5.74) is 7.49. The standard InChI is InChI=1S/C14H21NO3/c1-4-14(2,3)18-9-10-7-12-13(8-11(10)15)17-6-5-16-12/h7-8H,4-6,9,15H2,1-3H3. The van der Waals surface area contributed by atoms with E-state index in [2.05, 4.69) is 20.8 Å². The van der Waals surface area contributed by atoms with Crippen LogP contribution in [0.1, 0.15) is 32.8 Å². The van der Waals surface area contributed by atoms with E-state index < -0.39 is 0 Å². The molecule has 18 heavy (non-hydrogen) atoms. The molecule has 0 fully saturated rings. The van der Waals surface area contributed by atoms with Gasteiger partial charge in [0.25, 0.3) is 0 Å². The van der Waals surface area contributed by atoms with Gasteiger partial charge in [0.15, 0.2) is 11.5 Å². The van der Waals surface area contributed by atoms with E-state index in [1.54, 1.807) is 0 Å². The Morgan fingerprint density at radius 3 is 2.44 bits per heavy atom. The van der Waals surface area contributed by atoms with E-state index in [0.29, 0.717) is 25.5 Å². The highest BCUT2D eigenvalue weighted by Gasteiger charge is 2.18. The molecule has 0 unspecified atom stereocenters. The van der Waals surface area contributed by atoms with Crippen molar-refractivity contribution in [3.63, 3.8) is 0 Å². The van der Waals surface area contributed by atoms with Crippen LogP contribution in [0.4, 0.5) is 5.69 Å². The van der Waals surface area contributed by atoms with Gasteiger partial charge in [-0.05, 0) is 26.3 Å². The van der Waals surface area contributed by atoms with Gasteiger partial charge in [0.2, 0.25) is 0 Å². The summed E-state index contributed by atoms with van der Waals surface area (Å²) < 4.78 is 16.9. The fraction of sp³-hybridized carbons (Fsp3) is 0.571. The van der Waals surface area contributed by atoms with Gasteiger partial charge in [-0.3, -0.25) is 0 Å². The summed E-state index contributed by atoms with van der Waals surface area (Å²) in [6.07, 6.45) is 0.956. The summed E-state index contributed by atoms with van der Waals surface area (Å²) in [5, 5.41) is 0. The van der Waals surface area contributed by atoms with Crippen molar-refractivity contribution < 1.29 is 14.2 Å². The summed E-state index contributed by atoms with van der Waals surface area (Å²) in [4.78, 5) is 0. The summed E-state index contributed by atoms with van der Waals surface area (Å²) in [6.45, 7) is 7.89. The van der Waals surface area contributed by atoms with E-state index in [1.807, 2.05) is 12.1 Å². The van der Waals surface area contributed by atoms with Crippen LogP contribution in [0.15, 0.2) is 12.1 Å². The third kappa shape index (κ3) is 2.88. The summed E-state index contributed by atoms with van der Waals surface area (Å²) in [7, 11) is 0. The number of nitrogen functional groups attached to an aromatic ring is 1. The van der Waals surface area contributed by atoms with Crippen LogP contribution in [-0.4, -0.2) is 18.8 Å². The van der Waals surface area contributed by atoms with Crippen molar-refractivity contribution >= 4 is 5.69 Å². The minimum Gasteiger partial charge on any atom is -0.486 e. The fourth-order valence-electron chi connectivity index (χ4n) is 1.65. The molecule has 100 valence electrons. The van der Waals surface area contributed by atoms with Gasteiger partial charge in [-0.2, -0.15) is 0 Å². The van der Waals surface area contributed by atoms with Gasteiger partial charge < -0.3 is 19.9 Å². The normalized spacial score (nSPS) is 14.6. The Labute approximate surface area is 108 Å². The zero-order chi connectivity index (χ0) is 13.2. The van der Waals surface area contributed by atoms with E-state index in [4.69, 9.17) is 19.9 Å². The summed E-state index contributed by atoms with van der Waals surface area (Å²) in [6, 6.07) is 3.72. The minimum atomic E-state index is -0.139. The Bertz CT molecular complexity index is 429. The Hall–Kier alpha value is -1.42. The highest BCUT2D eigenvalue weighted by molar-refractivity contribution is 5.58. The Kier molecular flexibility index (Phi) is 3.66. The maximum atomic E-state index is 6.00. The number of ether oxygens (including phenoxy) is 3. The van der Waals surface area contributed by atoms with Gasteiger partial charge in [0, 0.05) is 17.3 Å². The number of hydrogen-bond donors (Lipinski definition) is 1. The molecule has 0 spiro atoms. The Morgan fingerprint density at radius 2 is 1.83 bits per heavy atom. The van der Waals surface area contributed by atoms with Gasteiger partial charge in [-0.15, -0.1) is 0 Å². The molecule has 4 nitrogen and oxygen atoms in total. The van der Waals surface area contributed by atoms with Crippen LogP contribution in [0.5, 0.6) is 11.5 Å². The molecule has 0 saturated heterocycles. The molecule has 2 rings (SSSR count). The molecule has 0 bridgehead atoms. The summed E-state index contributed by atoms with van der Waals surface area (Å²) >= 11 is 0. The molecule has 0 radical (unpaired) electrons. The Balaban J connectivity index is 2.13. The maximum absolute atomic E-state index is 6.00. The quantitative estimate of drug-likeness (QED) is 0.836. The molecule has 1 heterocycles. The molecule has 0 saturated carbocycles. The second-order valence-corrected chi connectivity index (χ2v) is 5.10. The van der Waals surface area contributed by atoms with Crippen molar-refractivity contribution in [3.8, 4) is 11.5 Å². The molecule has 4 heteroatoms. The lowest BCUT2D eigenvalue weighted by Crippen LogP contribution is -2.23. The molecule has 0 amide bonds. The number of anilines is 1. The maximum Gasteiger partial charge on any atom is 0.163 e. The van der Waals surface area contributed by atoms with Gasteiger partial charge in [-0.1, -0.05) is 6.92 Å². The van der Waals surface area contributed by atoms with Gasteiger partial charge in [0.05, 0.1) is 12.2 Å². The lowest BCUT2D eigenvalue weighted by molar-refractivity contribution is -0.0314. The SMILES string of the molecule is CCC(C)(C)OCc1cc2c(cc1N)OCCO2. The smallest absolute Gasteiger partial charge is 0.163 e. The molecule has 0 aliphatic carbocycles. The minimum absolute atomic E-state index is 0.139. The second kappa shape index (κ2) is 5.06. The zero-order valence-corrected chi connectivity index (χ0v) is 11.3. The average molecular weight is 251 g/mol. The molecule has 2 N–H and O–H groups in total. The molecule has 1 aromatic rings. The number of benzene rings is 1. The van der Waals surface area contributed by atoms with Crippen molar-refractivity contribution in [3.05, 3.63) is 17.7 Å². The Morgan fingerprint density at radius 1 is 1.22 bits per heavy atom. The number of nitrogens with two attached hydrogens (primary N) is 1. The zero-order valence-electron chi connectivity index (χ0n) is 11.3. The lowest BCUT2D eigenvalue weighted by atomic mass is 10.1. The van der Waals surface area contributed by atoms with Crippen molar-refractivity contribution in [2.24, 2.45) is 0 Å².